The van der Waals surface area contributed by atoms with Gasteiger partial charge in [0.05, 0.1) is 7.11 Å². The van der Waals surface area contributed by atoms with Crippen LogP contribution in [-0.2, 0) is 16.1 Å². The third-order valence-electron chi connectivity index (χ3n) is 5.14. The van der Waals surface area contributed by atoms with Crippen LogP contribution < -0.4 is 14.8 Å². The lowest BCUT2D eigenvalue weighted by Gasteiger charge is -2.30. The predicted molar refractivity (Wildman–Crippen MR) is 122 cm³/mol. The van der Waals surface area contributed by atoms with Crippen molar-refractivity contribution in [3.63, 3.8) is 0 Å². The maximum absolute atomic E-state index is 13.2. The van der Waals surface area contributed by atoms with Gasteiger partial charge in [-0.15, -0.1) is 0 Å². The van der Waals surface area contributed by atoms with Crippen LogP contribution in [0.4, 0.5) is 0 Å². The quantitative estimate of drug-likeness (QED) is 0.589. The van der Waals surface area contributed by atoms with Crippen LogP contribution in [0, 0.1) is 13.8 Å². The number of rotatable bonds is 11. The van der Waals surface area contributed by atoms with Crippen molar-refractivity contribution in [1.29, 1.82) is 0 Å². The second kappa shape index (κ2) is 12.0. The number of hydrogen-bond acceptors (Lipinski definition) is 4. The number of benzene rings is 2. The summed E-state index contributed by atoms with van der Waals surface area (Å²) >= 11 is 0. The van der Waals surface area contributed by atoms with Crippen molar-refractivity contribution in [2.45, 2.75) is 53.1 Å². The first-order chi connectivity index (χ1) is 14.9. The van der Waals surface area contributed by atoms with E-state index in [1.54, 1.807) is 12.0 Å². The van der Waals surface area contributed by atoms with E-state index in [4.69, 9.17) is 9.47 Å². The lowest BCUT2D eigenvalue weighted by molar-refractivity contribution is -0.143. The van der Waals surface area contributed by atoms with Gasteiger partial charge in [0, 0.05) is 13.1 Å². The van der Waals surface area contributed by atoms with Crippen molar-refractivity contribution in [1.82, 2.24) is 10.2 Å². The molecule has 0 saturated heterocycles. The van der Waals surface area contributed by atoms with Gasteiger partial charge in [-0.1, -0.05) is 38.1 Å². The molecule has 0 saturated carbocycles. The largest absolute Gasteiger partial charge is 0.497 e. The second-order valence-corrected chi connectivity index (χ2v) is 7.64. The van der Waals surface area contributed by atoms with E-state index in [-0.39, 0.29) is 18.4 Å². The molecule has 2 rings (SSSR count). The molecule has 6 nitrogen and oxygen atoms in total. The molecule has 2 aromatic carbocycles. The van der Waals surface area contributed by atoms with Crippen molar-refractivity contribution < 1.29 is 19.1 Å². The van der Waals surface area contributed by atoms with Crippen LogP contribution in [0.2, 0.25) is 0 Å². The van der Waals surface area contributed by atoms with E-state index >= 15 is 0 Å². The lowest BCUT2D eigenvalue weighted by Crippen LogP contribution is -2.50. The summed E-state index contributed by atoms with van der Waals surface area (Å²) in [4.78, 5) is 27.6. The number of methoxy groups -OCH3 is 1. The monoisotopic (exact) mass is 426 g/mol. The van der Waals surface area contributed by atoms with Crippen molar-refractivity contribution >= 4 is 11.8 Å². The van der Waals surface area contributed by atoms with Gasteiger partial charge >= 0.3 is 0 Å². The summed E-state index contributed by atoms with van der Waals surface area (Å²) < 4.78 is 11.1. The fraction of sp³-hybridized carbons (Fsp3) is 0.440. The van der Waals surface area contributed by atoms with E-state index in [1.165, 1.54) is 0 Å². The average Bonchev–Trinajstić information content (AvgIpc) is 2.78. The van der Waals surface area contributed by atoms with Gasteiger partial charge < -0.3 is 19.7 Å². The van der Waals surface area contributed by atoms with Gasteiger partial charge in [-0.05, 0) is 61.6 Å². The number of amides is 2. The first-order valence-electron chi connectivity index (χ1n) is 10.8. The highest BCUT2D eigenvalue weighted by Gasteiger charge is 2.28. The molecule has 0 radical (unpaired) electrons. The van der Waals surface area contributed by atoms with Crippen LogP contribution in [-0.4, -0.2) is 43.0 Å². The molecule has 0 aromatic heterocycles. The number of carbonyl (C=O) groups excluding carboxylic acids is 2. The van der Waals surface area contributed by atoms with Gasteiger partial charge in [0.1, 0.15) is 17.5 Å². The SMILES string of the molecule is CCCNC(=O)[C@@H](CC)N(Cc1ccc(OC)cc1)C(=O)COc1cc(C)ccc1C. The molecule has 31 heavy (non-hydrogen) atoms. The van der Waals surface area contributed by atoms with Gasteiger partial charge in [-0.25, -0.2) is 0 Å². The first kappa shape index (κ1) is 24.3. The summed E-state index contributed by atoms with van der Waals surface area (Å²) in [6.45, 7) is 8.61. The summed E-state index contributed by atoms with van der Waals surface area (Å²) in [7, 11) is 1.61. The highest BCUT2D eigenvalue weighted by molar-refractivity contribution is 5.88. The van der Waals surface area contributed by atoms with E-state index < -0.39 is 6.04 Å². The number of ether oxygens (including phenoxy) is 2. The Kier molecular flexibility index (Phi) is 9.38. The Bertz CT molecular complexity index is 864. The van der Waals surface area contributed by atoms with E-state index in [9.17, 15) is 9.59 Å². The Labute approximate surface area is 185 Å². The Hall–Kier alpha value is -3.02. The fourth-order valence-corrected chi connectivity index (χ4v) is 3.30. The molecule has 2 aromatic rings. The Morgan fingerprint density at radius 3 is 2.39 bits per heavy atom. The van der Waals surface area contributed by atoms with E-state index in [0.29, 0.717) is 25.3 Å². The smallest absolute Gasteiger partial charge is 0.261 e. The van der Waals surface area contributed by atoms with E-state index in [0.717, 1.165) is 28.9 Å². The third kappa shape index (κ3) is 7.02. The molecule has 6 heteroatoms. The number of nitrogens with one attached hydrogen (secondary N) is 1. The number of nitrogens with zero attached hydrogens (tertiary/aromatic N) is 1. The molecule has 0 aliphatic carbocycles. The topological polar surface area (TPSA) is 67.9 Å². The van der Waals surface area contributed by atoms with Crippen molar-refractivity contribution in [2.75, 3.05) is 20.3 Å². The summed E-state index contributed by atoms with van der Waals surface area (Å²) in [5.74, 6) is 1.06. The third-order valence-corrected chi connectivity index (χ3v) is 5.14. The molecule has 0 aliphatic heterocycles. The van der Waals surface area contributed by atoms with Gasteiger partial charge in [0.25, 0.3) is 5.91 Å². The molecule has 0 spiro atoms. The molecule has 0 bridgehead atoms. The predicted octanol–water partition coefficient (Wildman–Crippen LogP) is 4.02. The Morgan fingerprint density at radius 1 is 1.06 bits per heavy atom. The molecule has 168 valence electrons. The second-order valence-electron chi connectivity index (χ2n) is 7.64. The Morgan fingerprint density at radius 2 is 1.77 bits per heavy atom. The fourth-order valence-electron chi connectivity index (χ4n) is 3.30. The summed E-state index contributed by atoms with van der Waals surface area (Å²) in [6, 6.07) is 12.8. The molecule has 0 unspecified atom stereocenters. The van der Waals surface area contributed by atoms with Crippen LogP contribution in [0.3, 0.4) is 0 Å². The first-order valence-corrected chi connectivity index (χ1v) is 10.8. The minimum atomic E-state index is -0.566. The number of hydrogen-bond donors (Lipinski definition) is 1. The van der Waals surface area contributed by atoms with Crippen LogP contribution in [0.5, 0.6) is 11.5 Å². The zero-order chi connectivity index (χ0) is 22.8. The van der Waals surface area contributed by atoms with Crippen LogP contribution >= 0.6 is 0 Å². The Balaban J connectivity index is 2.22. The van der Waals surface area contributed by atoms with Crippen molar-refractivity contribution in [3.8, 4) is 11.5 Å². The maximum atomic E-state index is 13.2. The molecule has 0 fully saturated rings. The molecular formula is C25H34N2O4. The van der Waals surface area contributed by atoms with Crippen LogP contribution in [0.25, 0.3) is 0 Å². The average molecular weight is 427 g/mol. The van der Waals surface area contributed by atoms with Gasteiger partial charge in [-0.3, -0.25) is 9.59 Å². The van der Waals surface area contributed by atoms with Crippen LogP contribution in [0.1, 0.15) is 43.4 Å². The molecule has 2 amide bonds. The van der Waals surface area contributed by atoms with Crippen LogP contribution in [0.15, 0.2) is 42.5 Å². The molecular weight excluding hydrogens is 392 g/mol. The van der Waals surface area contributed by atoms with E-state index in [1.807, 2.05) is 70.2 Å². The number of carbonyl (C=O) groups is 2. The summed E-state index contributed by atoms with van der Waals surface area (Å²) in [5, 5.41) is 2.92. The summed E-state index contributed by atoms with van der Waals surface area (Å²) in [5.41, 5.74) is 2.95. The lowest BCUT2D eigenvalue weighted by atomic mass is 10.1. The standard InChI is InChI=1S/C25H34N2O4/c1-6-14-26-25(29)22(7-2)27(16-20-10-12-21(30-5)13-11-20)24(28)17-31-23-15-18(3)8-9-19(23)4/h8-13,15,22H,6-7,14,16-17H2,1-5H3,(H,26,29)/t22-/m1/s1. The molecule has 1 N–H and O–H groups in total. The molecule has 1 atom stereocenters. The van der Waals surface area contributed by atoms with Crippen molar-refractivity contribution in [3.05, 3.63) is 59.2 Å². The van der Waals surface area contributed by atoms with Gasteiger partial charge in [0.15, 0.2) is 6.61 Å². The number of aryl methyl sites for hydroxylation is 2. The highest BCUT2D eigenvalue weighted by Crippen LogP contribution is 2.20. The van der Waals surface area contributed by atoms with Gasteiger partial charge in [0.2, 0.25) is 5.91 Å². The molecule has 0 aliphatic rings. The zero-order valence-electron chi connectivity index (χ0n) is 19.2. The van der Waals surface area contributed by atoms with Gasteiger partial charge in [-0.2, -0.15) is 0 Å². The zero-order valence-corrected chi connectivity index (χ0v) is 19.2. The highest BCUT2D eigenvalue weighted by atomic mass is 16.5. The normalized spacial score (nSPS) is 11.5. The minimum Gasteiger partial charge on any atom is -0.497 e. The van der Waals surface area contributed by atoms with E-state index in [2.05, 4.69) is 5.32 Å². The maximum Gasteiger partial charge on any atom is 0.261 e. The van der Waals surface area contributed by atoms with Crippen molar-refractivity contribution in [2.24, 2.45) is 0 Å². The minimum absolute atomic E-state index is 0.127. The summed E-state index contributed by atoms with van der Waals surface area (Å²) in [6.07, 6.45) is 1.35. The molecule has 0 heterocycles.